The molecular formula is C17H31N3O4. The lowest BCUT2D eigenvalue weighted by molar-refractivity contribution is -0.126. The summed E-state index contributed by atoms with van der Waals surface area (Å²) in [5.74, 6) is -0.104. The first kappa shape index (κ1) is 19.0. The predicted molar refractivity (Wildman–Crippen MR) is 90.8 cm³/mol. The monoisotopic (exact) mass is 341 g/mol. The minimum atomic E-state index is -0.509. The van der Waals surface area contributed by atoms with Crippen molar-refractivity contribution in [1.82, 2.24) is 15.1 Å². The van der Waals surface area contributed by atoms with Gasteiger partial charge >= 0.3 is 6.09 Å². The van der Waals surface area contributed by atoms with Gasteiger partial charge in [-0.15, -0.1) is 0 Å². The van der Waals surface area contributed by atoms with Crippen molar-refractivity contribution in [1.29, 1.82) is 0 Å². The van der Waals surface area contributed by atoms with E-state index < -0.39 is 5.60 Å². The van der Waals surface area contributed by atoms with Gasteiger partial charge in [0.05, 0.1) is 19.1 Å². The van der Waals surface area contributed by atoms with Crippen molar-refractivity contribution < 1.29 is 19.1 Å². The van der Waals surface area contributed by atoms with E-state index in [1.165, 1.54) is 0 Å². The second-order valence-corrected chi connectivity index (χ2v) is 7.51. The number of nitrogens with one attached hydrogen (secondary N) is 1. The molecule has 138 valence electrons. The Balaban J connectivity index is 1.72. The summed E-state index contributed by atoms with van der Waals surface area (Å²) in [5, 5.41) is 3.01. The first-order chi connectivity index (χ1) is 11.3. The zero-order chi connectivity index (χ0) is 17.6. The van der Waals surface area contributed by atoms with Crippen LogP contribution in [0, 0.1) is 5.92 Å². The molecule has 0 spiro atoms. The second-order valence-electron chi connectivity index (χ2n) is 7.51. The number of morpholine rings is 1. The topological polar surface area (TPSA) is 71.1 Å². The number of carbonyl (C=O) groups is 2. The number of ether oxygens (including phenoxy) is 2. The van der Waals surface area contributed by atoms with Gasteiger partial charge in [-0.25, -0.2) is 4.79 Å². The van der Waals surface area contributed by atoms with E-state index in [4.69, 9.17) is 9.47 Å². The largest absolute Gasteiger partial charge is 0.444 e. The molecule has 1 atom stereocenters. The first-order valence-electron chi connectivity index (χ1n) is 8.91. The minimum absolute atomic E-state index is 0.0384. The van der Waals surface area contributed by atoms with Crippen LogP contribution < -0.4 is 5.32 Å². The quantitative estimate of drug-likeness (QED) is 0.829. The van der Waals surface area contributed by atoms with Crippen LogP contribution in [-0.2, 0) is 14.3 Å². The highest BCUT2D eigenvalue weighted by atomic mass is 16.6. The molecule has 0 aromatic carbocycles. The van der Waals surface area contributed by atoms with Crippen LogP contribution in [0.3, 0.4) is 0 Å². The van der Waals surface area contributed by atoms with Gasteiger partial charge in [0.25, 0.3) is 0 Å². The van der Waals surface area contributed by atoms with Crippen LogP contribution in [0.4, 0.5) is 4.79 Å². The lowest BCUT2D eigenvalue weighted by Gasteiger charge is -2.33. The van der Waals surface area contributed by atoms with Crippen LogP contribution in [-0.4, -0.2) is 79.9 Å². The van der Waals surface area contributed by atoms with Crippen LogP contribution in [0.25, 0.3) is 0 Å². The molecule has 7 heteroatoms. The summed E-state index contributed by atoms with van der Waals surface area (Å²) in [6.45, 7) is 11.5. The van der Waals surface area contributed by atoms with Crippen molar-refractivity contribution in [2.45, 2.75) is 39.2 Å². The van der Waals surface area contributed by atoms with Gasteiger partial charge in [0, 0.05) is 39.3 Å². The molecule has 2 amide bonds. The average molecular weight is 341 g/mol. The lowest BCUT2D eigenvalue weighted by Crippen LogP contribution is -2.48. The van der Waals surface area contributed by atoms with E-state index in [1.54, 1.807) is 4.90 Å². The zero-order valence-corrected chi connectivity index (χ0v) is 15.2. The van der Waals surface area contributed by atoms with Crippen molar-refractivity contribution in [2.24, 2.45) is 5.92 Å². The Morgan fingerprint density at radius 2 is 1.92 bits per heavy atom. The number of carbonyl (C=O) groups excluding carboxylic acids is 2. The predicted octanol–water partition coefficient (Wildman–Crippen LogP) is 1.08. The van der Waals surface area contributed by atoms with Crippen molar-refractivity contribution in [2.75, 3.05) is 52.5 Å². The van der Waals surface area contributed by atoms with Crippen LogP contribution >= 0.6 is 0 Å². The van der Waals surface area contributed by atoms with Gasteiger partial charge in [0.1, 0.15) is 5.60 Å². The van der Waals surface area contributed by atoms with Gasteiger partial charge in [-0.2, -0.15) is 0 Å². The normalized spacial score (nSPS) is 23.0. The van der Waals surface area contributed by atoms with E-state index in [1.807, 2.05) is 20.8 Å². The van der Waals surface area contributed by atoms with Gasteiger partial charge in [0.2, 0.25) is 5.91 Å². The Kier molecular flexibility index (Phi) is 6.86. The average Bonchev–Trinajstić information content (AvgIpc) is 2.54. The third-order valence-electron chi connectivity index (χ3n) is 4.27. The van der Waals surface area contributed by atoms with E-state index in [9.17, 15) is 9.59 Å². The fourth-order valence-electron chi connectivity index (χ4n) is 2.99. The van der Waals surface area contributed by atoms with E-state index in [2.05, 4.69) is 10.2 Å². The summed E-state index contributed by atoms with van der Waals surface area (Å²) in [5.41, 5.74) is -0.509. The standard InChI is InChI=1S/C17H31N3O4/c1-17(2,3)24-16(22)20-7-4-5-14(13-20)15(21)18-6-8-19-9-11-23-12-10-19/h14H,4-13H2,1-3H3,(H,18,21). The number of rotatable bonds is 4. The summed E-state index contributed by atoms with van der Waals surface area (Å²) in [7, 11) is 0. The molecule has 2 heterocycles. The number of hydrogen-bond donors (Lipinski definition) is 1. The lowest BCUT2D eigenvalue weighted by atomic mass is 9.97. The fraction of sp³-hybridized carbons (Fsp3) is 0.882. The van der Waals surface area contributed by atoms with Crippen molar-refractivity contribution in [3.05, 3.63) is 0 Å². The third kappa shape index (κ3) is 6.28. The van der Waals surface area contributed by atoms with E-state index in [0.29, 0.717) is 19.6 Å². The molecule has 2 saturated heterocycles. The molecule has 1 unspecified atom stereocenters. The molecule has 7 nitrogen and oxygen atoms in total. The van der Waals surface area contributed by atoms with Crippen LogP contribution in [0.2, 0.25) is 0 Å². The maximum Gasteiger partial charge on any atom is 0.410 e. The molecule has 0 saturated carbocycles. The van der Waals surface area contributed by atoms with E-state index in [0.717, 1.165) is 45.7 Å². The van der Waals surface area contributed by atoms with Crippen LogP contribution in [0.15, 0.2) is 0 Å². The van der Waals surface area contributed by atoms with Gasteiger partial charge in [-0.3, -0.25) is 9.69 Å². The van der Waals surface area contributed by atoms with Crippen molar-refractivity contribution in [3.8, 4) is 0 Å². The molecule has 0 aromatic rings. The molecule has 0 aromatic heterocycles. The molecule has 24 heavy (non-hydrogen) atoms. The molecule has 2 aliphatic rings. The Labute approximate surface area is 144 Å². The molecular weight excluding hydrogens is 310 g/mol. The van der Waals surface area contributed by atoms with Gasteiger partial charge in [0.15, 0.2) is 0 Å². The Hall–Kier alpha value is -1.34. The maximum atomic E-state index is 12.4. The zero-order valence-electron chi connectivity index (χ0n) is 15.2. The molecule has 1 N–H and O–H groups in total. The molecule has 0 bridgehead atoms. The fourth-order valence-corrected chi connectivity index (χ4v) is 2.99. The Morgan fingerprint density at radius 1 is 1.21 bits per heavy atom. The first-order valence-corrected chi connectivity index (χ1v) is 8.91. The Morgan fingerprint density at radius 3 is 2.58 bits per heavy atom. The highest BCUT2D eigenvalue weighted by Gasteiger charge is 2.30. The molecule has 2 aliphatic heterocycles. The number of likely N-dealkylation sites (tertiary alicyclic amines) is 1. The molecule has 2 fully saturated rings. The van der Waals surface area contributed by atoms with Crippen molar-refractivity contribution >= 4 is 12.0 Å². The number of hydrogen-bond acceptors (Lipinski definition) is 5. The Bertz CT molecular complexity index is 430. The summed E-state index contributed by atoms with van der Waals surface area (Å²) < 4.78 is 10.7. The summed E-state index contributed by atoms with van der Waals surface area (Å²) in [4.78, 5) is 28.5. The smallest absolute Gasteiger partial charge is 0.410 e. The number of nitrogens with zero attached hydrogens (tertiary/aromatic N) is 2. The second kappa shape index (κ2) is 8.67. The van der Waals surface area contributed by atoms with Gasteiger partial charge in [-0.05, 0) is 33.6 Å². The van der Waals surface area contributed by atoms with Gasteiger partial charge < -0.3 is 19.7 Å². The van der Waals surface area contributed by atoms with Gasteiger partial charge in [-0.1, -0.05) is 0 Å². The van der Waals surface area contributed by atoms with Crippen LogP contribution in [0.5, 0.6) is 0 Å². The maximum absolute atomic E-state index is 12.4. The van der Waals surface area contributed by atoms with E-state index in [-0.39, 0.29) is 17.9 Å². The SMILES string of the molecule is CC(C)(C)OC(=O)N1CCCC(C(=O)NCCN2CCOCC2)C1. The third-order valence-corrected chi connectivity index (χ3v) is 4.27. The molecule has 2 rings (SSSR count). The highest BCUT2D eigenvalue weighted by molar-refractivity contribution is 5.80. The molecule has 0 aliphatic carbocycles. The van der Waals surface area contributed by atoms with E-state index >= 15 is 0 Å². The summed E-state index contributed by atoms with van der Waals surface area (Å²) >= 11 is 0. The highest BCUT2D eigenvalue weighted by Crippen LogP contribution is 2.19. The van der Waals surface area contributed by atoms with Crippen molar-refractivity contribution in [3.63, 3.8) is 0 Å². The minimum Gasteiger partial charge on any atom is -0.444 e. The molecule has 0 radical (unpaired) electrons. The van der Waals surface area contributed by atoms with Crippen LogP contribution in [0.1, 0.15) is 33.6 Å². The number of amides is 2. The summed E-state index contributed by atoms with van der Waals surface area (Å²) in [6.07, 6.45) is 1.33. The summed E-state index contributed by atoms with van der Waals surface area (Å²) in [6, 6.07) is 0. The number of piperidine rings is 1.